The highest BCUT2D eigenvalue weighted by Gasteiger charge is 2.37. The first-order valence-electron chi connectivity index (χ1n) is 6.25. The molecule has 1 amide bonds. The third-order valence-electron chi connectivity index (χ3n) is 3.94. The van der Waals surface area contributed by atoms with E-state index in [1.807, 2.05) is 4.90 Å². The molecule has 0 saturated heterocycles. The van der Waals surface area contributed by atoms with Gasteiger partial charge < -0.3 is 20.4 Å². The lowest BCUT2D eigenvalue weighted by atomic mass is 9.98. The number of rotatable bonds is 3. The Labute approximate surface area is 107 Å². The molecule has 100 valence electrons. The molecule has 1 saturated carbocycles. The number of hydrogen-bond acceptors (Lipinski definition) is 4. The second kappa shape index (κ2) is 5.12. The second-order valence-electron chi connectivity index (χ2n) is 5.13. The summed E-state index contributed by atoms with van der Waals surface area (Å²) in [7, 11) is 0. The number of amides is 1. The van der Waals surface area contributed by atoms with E-state index in [1.165, 1.54) is 0 Å². The molecule has 5 nitrogen and oxygen atoms in total. The van der Waals surface area contributed by atoms with Crippen molar-refractivity contribution >= 4 is 5.91 Å². The number of nitrogens with zero attached hydrogens (tertiary/aromatic N) is 1. The van der Waals surface area contributed by atoms with Gasteiger partial charge in [-0.2, -0.15) is 0 Å². The summed E-state index contributed by atoms with van der Waals surface area (Å²) in [6.07, 6.45) is 3.42. The molecule has 3 N–H and O–H groups in total. The van der Waals surface area contributed by atoms with E-state index < -0.39 is 0 Å². The Kier molecular flexibility index (Phi) is 3.73. The zero-order valence-electron chi connectivity index (χ0n) is 10.6. The monoisotopic (exact) mass is 252 g/mol. The van der Waals surface area contributed by atoms with Gasteiger partial charge in [-0.15, -0.1) is 0 Å². The van der Waals surface area contributed by atoms with Crippen LogP contribution in [0.2, 0.25) is 0 Å². The molecule has 0 aromatic heterocycles. The van der Waals surface area contributed by atoms with Crippen molar-refractivity contribution in [2.45, 2.75) is 25.8 Å². The topological polar surface area (TPSA) is 72.8 Å². The molecule has 0 aromatic carbocycles. The maximum atomic E-state index is 11.5. The first-order chi connectivity index (χ1) is 8.56. The fourth-order valence-corrected chi connectivity index (χ4v) is 2.82. The maximum absolute atomic E-state index is 11.5. The summed E-state index contributed by atoms with van der Waals surface area (Å²) in [6.45, 7) is 5.80. The Bertz CT molecular complexity index is 380. The van der Waals surface area contributed by atoms with Crippen LogP contribution in [0.15, 0.2) is 24.2 Å². The molecule has 1 heterocycles. The molecule has 2 unspecified atom stereocenters. The highest BCUT2D eigenvalue weighted by Crippen LogP contribution is 2.36. The van der Waals surface area contributed by atoms with Crippen LogP contribution in [0.3, 0.4) is 0 Å². The third kappa shape index (κ3) is 2.28. The number of hydrogen-bond donors (Lipinski definition) is 3. The van der Waals surface area contributed by atoms with Crippen LogP contribution in [-0.2, 0) is 4.79 Å². The maximum Gasteiger partial charge on any atom is 0.253 e. The van der Waals surface area contributed by atoms with Gasteiger partial charge in [0.2, 0.25) is 0 Å². The molecule has 5 heteroatoms. The first-order valence-corrected chi connectivity index (χ1v) is 6.25. The van der Waals surface area contributed by atoms with E-state index in [1.54, 1.807) is 13.1 Å². The van der Waals surface area contributed by atoms with E-state index in [9.17, 15) is 15.0 Å². The lowest BCUT2D eigenvalue weighted by Gasteiger charge is -2.33. The Hall–Kier alpha value is -1.33. The molecule has 1 aliphatic carbocycles. The van der Waals surface area contributed by atoms with Crippen LogP contribution < -0.4 is 5.32 Å². The Morgan fingerprint density at radius 1 is 1.39 bits per heavy atom. The van der Waals surface area contributed by atoms with Crippen molar-refractivity contribution in [1.82, 2.24) is 10.2 Å². The van der Waals surface area contributed by atoms with Gasteiger partial charge in [0.05, 0.1) is 0 Å². The zero-order valence-corrected chi connectivity index (χ0v) is 10.6. The van der Waals surface area contributed by atoms with Crippen LogP contribution in [-0.4, -0.2) is 40.3 Å². The van der Waals surface area contributed by atoms with Crippen LogP contribution in [0.1, 0.15) is 19.8 Å². The van der Waals surface area contributed by atoms with Gasteiger partial charge in [0.15, 0.2) is 0 Å². The number of nitrogens with one attached hydrogen (secondary N) is 1. The molecule has 2 rings (SSSR count). The predicted octanol–water partition coefficient (Wildman–Crippen LogP) is 0.173. The zero-order chi connectivity index (χ0) is 13.3. The molecule has 0 bridgehead atoms. The van der Waals surface area contributed by atoms with Gasteiger partial charge in [0.25, 0.3) is 5.91 Å². The summed E-state index contributed by atoms with van der Waals surface area (Å²) in [5, 5.41) is 21.3. The lowest BCUT2D eigenvalue weighted by molar-refractivity contribution is -0.117. The third-order valence-corrected chi connectivity index (χ3v) is 3.94. The van der Waals surface area contributed by atoms with E-state index in [4.69, 9.17) is 0 Å². The molecule has 0 radical (unpaired) electrons. The summed E-state index contributed by atoms with van der Waals surface area (Å²) >= 11 is 0. The van der Waals surface area contributed by atoms with Gasteiger partial charge in [0.1, 0.15) is 5.82 Å². The van der Waals surface area contributed by atoms with Crippen molar-refractivity contribution in [3.8, 4) is 0 Å². The Morgan fingerprint density at radius 2 is 1.94 bits per heavy atom. The summed E-state index contributed by atoms with van der Waals surface area (Å²) in [6, 6.07) is 0.183. The minimum Gasteiger partial charge on any atom is -0.396 e. The molecule has 2 aliphatic rings. The number of aliphatic hydroxyl groups excluding tert-OH is 2. The minimum atomic E-state index is -0.119. The van der Waals surface area contributed by atoms with Gasteiger partial charge in [-0.05, 0) is 31.6 Å². The summed E-state index contributed by atoms with van der Waals surface area (Å²) in [5.74, 6) is 0.704. The minimum absolute atomic E-state index is 0.0943. The van der Waals surface area contributed by atoms with Crippen LogP contribution in [0, 0.1) is 11.8 Å². The average Bonchev–Trinajstić information content (AvgIpc) is 2.76. The van der Waals surface area contributed by atoms with Crippen LogP contribution in [0.25, 0.3) is 0 Å². The normalized spacial score (nSPS) is 32.5. The molecule has 18 heavy (non-hydrogen) atoms. The van der Waals surface area contributed by atoms with Crippen molar-refractivity contribution in [3.05, 3.63) is 24.2 Å². The van der Waals surface area contributed by atoms with E-state index in [2.05, 4.69) is 11.9 Å². The molecule has 0 aromatic rings. The molecular weight excluding hydrogens is 232 g/mol. The quantitative estimate of drug-likeness (QED) is 0.669. The van der Waals surface area contributed by atoms with E-state index in [0.29, 0.717) is 11.4 Å². The van der Waals surface area contributed by atoms with Gasteiger partial charge >= 0.3 is 0 Å². The molecule has 1 fully saturated rings. The first kappa shape index (κ1) is 13.1. The van der Waals surface area contributed by atoms with Crippen molar-refractivity contribution in [2.75, 3.05) is 13.2 Å². The summed E-state index contributed by atoms with van der Waals surface area (Å²) in [4.78, 5) is 13.4. The fraction of sp³-hybridized carbons (Fsp3) is 0.615. The molecule has 2 atom stereocenters. The Morgan fingerprint density at radius 3 is 2.44 bits per heavy atom. The molecular formula is C13H20N2O3. The largest absolute Gasteiger partial charge is 0.396 e. The average molecular weight is 252 g/mol. The lowest BCUT2D eigenvalue weighted by Crippen LogP contribution is -2.41. The summed E-state index contributed by atoms with van der Waals surface area (Å²) in [5.41, 5.74) is 0.649. The van der Waals surface area contributed by atoms with Crippen molar-refractivity contribution in [3.63, 3.8) is 0 Å². The number of aliphatic hydroxyl groups is 2. The van der Waals surface area contributed by atoms with Gasteiger partial charge in [0, 0.05) is 31.0 Å². The van der Waals surface area contributed by atoms with Crippen LogP contribution in [0.4, 0.5) is 0 Å². The highest BCUT2D eigenvalue weighted by atomic mass is 16.3. The second-order valence-corrected chi connectivity index (χ2v) is 5.13. The Balaban J connectivity index is 2.13. The van der Waals surface area contributed by atoms with Gasteiger partial charge in [-0.1, -0.05) is 6.58 Å². The molecule has 0 spiro atoms. The fourth-order valence-electron chi connectivity index (χ4n) is 2.82. The van der Waals surface area contributed by atoms with E-state index >= 15 is 0 Å². The van der Waals surface area contributed by atoms with Crippen molar-refractivity contribution < 1.29 is 15.0 Å². The molecule has 1 aliphatic heterocycles. The van der Waals surface area contributed by atoms with Gasteiger partial charge in [-0.25, -0.2) is 0 Å². The smallest absolute Gasteiger partial charge is 0.253 e. The standard InChI is InChI=1S/C13H20N2O3/c1-8-5-15(9(2)14-13(8)18)12-3-10(6-16)11(4-12)7-17/h5,10-12,16-17H,2-4,6-7H2,1H3,(H,14,18). The van der Waals surface area contributed by atoms with Crippen molar-refractivity contribution in [1.29, 1.82) is 0 Å². The highest BCUT2D eigenvalue weighted by molar-refractivity contribution is 5.94. The van der Waals surface area contributed by atoms with Crippen LogP contribution in [0.5, 0.6) is 0 Å². The summed E-state index contributed by atoms with van der Waals surface area (Å²) < 4.78 is 0. The number of carbonyl (C=O) groups is 1. The van der Waals surface area contributed by atoms with E-state index in [-0.39, 0.29) is 37.0 Å². The van der Waals surface area contributed by atoms with E-state index in [0.717, 1.165) is 12.8 Å². The predicted molar refractivity (Wildman–Crippen MR) is 67.1 cm³/mol. The van der Waals surface area contributed by atoms with Gasteiger partial charge in [-0.3, -0.25) is 4.79 Å². The van der Waals surface area contributed by atoms with Crippen molar-refractivity contribution in [2.24, 2.45) is 11.8 Å². The SMILES string of the molecule is C=C1NC(=O)C(C)=CN1C1CC(CO)C(CO)C1. The van der Waals surface area contributed by atoms with Crippen LogP contribution >= 0.6 is 0 Å². The number of carbonyl (C=O) groups excluding carboxylic acids is 1.